The molecule has 5 nitrogen and oxygen atoms in total. The van der Waals surface area contributed by atoms with E-state index in [-0.39, 0.29) is 5.97 Å². The minimum Gasteiger partial charge on any atom is -0.469 e. The van der Waals surface area contributed by atoms with Crippen molar-refractivity contribution in [2.75, 3.05) is 37.0 Å². The quantitative estimate of drug-likeness (QED) is 0.417. The van der Waals surface area contributed by atoms with Crippen molar-refractivity contribution < 1.29 is 9.53 Å². The van der Waals surface area contributed by atoms with Crippen LogP contribution >= 0.6 is 12.2 Å². The van der Waals surface area contributed by atoms with Gasteiger partial charge in [0.2, 0.25) is 0 Å². The van der Waals surface area contributed by atoms with Gasteiger partial charge in [0, 0.05) is 37.4 Å². The van der Waals surface area contributed by atoms with Crippen LogP contribution in [-0.4, -0.2) is 37.8 Å². The molecule has 0 aromatic heterocycles. The molecule has 0 radical (unpaired) electrons. The molecule has 1 aromatic carbocycles. The second kappa shape index (κ2) is 10.9. The lowest BCUT2D eigenvalue weighted by atomic mass is 10.1. The summed E-state index contributed by atoms with van der Waals surface area (Å²) in [5.41, 5.74) is 2.29. The summed E-state index contributed by atoms with van der Waals surface area (Å²) in [5.74, 6) is -0.141. The Bertz CT molecular complexity index is 542. The van der Waals surface area contributed by atoms with E-state index in [1.807, 2.05) is 0 Å². The lowest BCUT2D eigenvalue weighted by Crippen LogP contribution is -2.30. The zero-order chi connectivity index (χ0) is 17.9. The first-order chi connectivity index (χ1) is 12.2. The lowest BCUT2D eigenvalue weighted by Gasteiger charge is -2.28. The number of esters is 1. The van der Waals surface area contributed by atoms with Gasteiger partial charge in [-0.05, 0) is 68.6 Å². The Hall–Kier alpha value is -1.82. The highest BCUT2D eigenvalue weighted by atomic mass is 32.1. The highest BCUT2D eigenvalue weighted by Crippen LogP contribution is 2.21. The first-order valence-corrected chi connectivity index (χ1v) is 9.56. The number of piperidine rings is 1. The molecule has 6 heteroatoms. The first kappa shape index (κ1) is 19.5. The van der Waals surface area contributed by atoms with Crippen LogP contribution in [0.2, 0.25) is 0 Å². The summed E-state index contributed by atoms with van der Waals surface area (Å²) >= 11 is 5.33. The predicted molar refractivity (Wildman–Crippen MR) is 107 cm³/mol. The summed E-state index contributed by atoms with van der Waals surface area (Å²) in [7, 11) is 1.42. The molecular weight excluding hydrogens is 334 g/mol. The van der Waals surface area contributed by atoms with Gasteiger partial charge < -0.3 is 20.3 Å². The molecule has 1 heterocycles. The number of hydrogen-bond acceptors (Lipinski definition) is 4. The van der Waals surface area contributed by atoms with Crippen LogP contribution in [0, 0.1) is 0 Å². The van der Waals surface area contributed by atoms with Gasteiger partial charge in [0.15, 0.2) is 5.11 Å². The van der Waals surface area contributed by atoms with E-state index in [1.54, 1.807) is 0 Å². The van der Waals surface area contributed by atoms with Crippen molar-refractivity contribution in [3.8, 4) is 0 Å². The van der Waals surface area contributed by atoms with Gasteiger partial charge in [-0.1, -0.05) is 6.42 Å². The van der Waals surface area contributed by atoms with Gasteiger partial charge in [-0.3, -0.25) is 4.79 Å². The topological polar surface area (TPSA) is 53.6 Å². The molecule has 1 aliphatic rings. The van der Waals surface area contributed by atoms with Gasteiger partial charge in [-0.2, -0.15) is 0 Å². The summed E-state index contributed by atoms with van der Waals surface area (Å²) in [5, 5.41) is 7.06. The lowest BCUT2D eigenvalue weighted by molar-refractivity contribution is -0.140. The monoisotopic (exact) mass is 363 g/mol. The molecule has 0 unspecified atom stereocenters. The molecule has 0 spiro atoms. The third-order valence-electron chi connectivity index (χ3n) is 4.42. The van der Waals surface area contributed by atoms with E-state index in [0.717, 1.165) is 44.6 Å². The molecule has 0 aliphatic carbocycles. The van der Waals surface area contributed by atoms with Crippen LogP contribution in [0.15, 0.2) is 24.3 Å². The molecule has 0 atom stereocenters. The Morgan fingerprint density at radius 1 is 1.12 bits per heavy atom. The van der Waals surface area contributed by atoms with Gasteiger partial charge in [-0.15, -0.1) is 0 Å². The number of nitrogens with zero attached hydrogens (tertiary/aromatic N) is 1. The fourth-order valence-corrected chi connectivity index (χ4v) is 3.18. The summed E-state index contributed by atoms with van der Waals surface area (Å²) < 4.78 is 4.62. The molecule has 2 rings (SSSR count). The maximum Gasteiger partial charge on any atom is 0.305 e. The standard InChI is InChI=1S/C19H29N3O2S/c1-24-18(23)8-4-2-5-13-20-19(25)21-16-9-11-17(12-10-16)22-14-6-3-7-15-22/h9-12H,2-8,13-15H2,1H3,(H2,20,21,25). The fraction of sp³-hybridized carbons (Fsp3) is 0.579. The van der Waals surface area contributed by atoms with Crippen molar-refractivity contribution in [3.63, 3.8) is 0 Å². The Morgan fingerprint density at radius 3 is 2.52 bits per heavy atom. The van der Waals surface area contributed by atoms with E-state index in [0.29, 0.717) is 11.5 Å². The molecule has 0 amide bonds. The van der Waals surface area contributed by atoms with Crippen LogP contribution in [0.25, 0.3) is 0 Å². The van der Waals surface area contributed by atoms with Crippen molar-refractivity contribution in [3.05, 3.63) is 24.3 Å². The molecule has 0 bridgehead atoms. The number of nitrogens with one attached hydrogen (secondary N) is 2. The van der Waals surface area contributed by atoms with Gasteiger partial charge in [0.1, 0.15) is 0 Å². The minimum absolute atomic E-state index is 0.141. The molecule has 25 heavy (non-hydrogen) atoms. The van der Waals surface area contributed by atoms with E-state index in [9.17, 15) is 4.79 Å². The summed E-state index contributed by atoms with van der Waals surface area (Å²) in [4.78, 5) is 13.5. The van der Waals surface area contributed by atoms with Crippen molar-refractivity contribution >= 4 is 34.7 Å². The Labute approximate surface area is 156 Å². The third kappa shape index (κ3) is 7.30. The molecular formula is C19H29N3O2S. The summed E-state index contributed by atoms with van der Waals surface area (Å²) in [6.45, 7) is 3.12. The number of thiocarbonyl (C=S) groups is 1. The molecule has 2 N–H and O–H groups in total. The highest BCUT2D eigenvalue weighted by Gasteiger charge is 2.10. The Kier molecular flexibility index (Phi) is 8.52. The number of benzene rings is 1. The molecule has 1 fully saturated rings. The molecule has 0 saturated carbocycles. The fourth-order valence-electron chi connectivity index (χ4n) is 2.96. The molecule has 1 aliphatic heterocycles. The second-order valence-corrected chi connectivity index (χ2v) is 6.77. The zero-order valence-electron chi connectivity index (χ0n) is 15.1. The van der Waals surface area contributed by atoms with Gasteiger partial charge in [-0.25, -0.2) is 0 Å². The average Bonchev–Trinajstić information content (AvgIpc) is 2.65. The van der Waals surface area contributed by atoms with Crippen LogP contribution in [0.5, 0.6) is 0 Å². The number of anilines is 2. The van der Waals surface area contributed by atoms with Gasteiger partial charge in [0.05, 0.1) is 7.11 Å². The minimum atomic E-state index is -0.141. The van der Waals surface area contributed by atoms with Gasteiger partial charge in [0.25, 0.3) is 0 Å². The van der Waals surface area contributed by atoms with Crippen molar-refractivity contribution in [1.29, 1.82) is 0 Å². The van der Waals surface area contributed by atoms with Crippen LogP contribution in [0.4, 0.5) is 11.4 Å². The molecule has 1 aromatic rings. The molecule has 138 valence electrons. The largest absolute Gasteiger partial charge is 0.469 e. The smallest absolute Gasteiger partial charge is 0.305 e. The van der Waals surface area contributed by atoms with E-state index in [4.69, 9.17) is 12.2 Å². The number of unbranched alkanes of at least 4 members (excludes halogenated alkanes) is 2. The summed E-state index contributed by atoms with van der Waals surface area (Å²) in [6.07, 6.45) is 7.22. The van der Waals surface area contributed by atoms with E-state index in [2.05, 4.69) is 44.5 Å². The zero-order valence-corrected chi connectivity index (χ0v) is 15.9. The number of carbonyl (C=O) groups is 1. The first-order valence-electron chi connectivity index (χ1n) is 9.16. The number of hydrogen-bond donors (Lipinski definition) is 2. The SMILES string of the molecule is COC(=O)CCCCCNC(=S)Nc1ccc(N2CCCCC2)cc1. The van der Waals surface area contributed by atoms with Crippen LogP contribution in [0.1, 0.15) is 44.9 Å². The van der Waals surface area contributed by atoms with Gasteiger partial charge >= 0.3 is 5.97 Å². The predicted octanol–water partition coefficient (Wildman–Crippen LogP) is 3.70. The maximum atomic E-state index is 11.0. The Balaban J connectivity index is 1.62. The third-order valence-corrected chi connectivity index (χ3v) is 4.66. The number of carbonyl (C=O) groups excluding carboxylic acids is 1. The maximum absolute atomic E-state index is 11.0. The number of methoxy groups -OCH3 is 1. The Morgan fingerprint density at radius 2 is 1.84 bits per heavy atom. The normalized spacial score (nSPS) is 14.0. The van der Waals surface area contributed by atoms with E-state index >= 15 is 0 Å². The second-order valence-electron chi connectivity index (χ2n) is 6.36. The van der Waals surface area contributed by atoms with Crippen molar-refractivity contribution in [1.82, 2.24) is 5.32 Å². The van der Waals surface area contributed by atoms with Crippen molar-refractivity contribution in [2.24, 2.45) is 0 Å². The van der Waals surface area contributed by atoms with E-state index < -0.39 is 0 Å². The molecule has 1 saturated heterocycles. The van der Waals surface area contributed by atoms with Crippen LogP contribution in [0.3, 0.4) is 0 Å². The summed E-state index contributed by atoms with van der Waals surface area (Å²) in [6, 6.07) is 8.47. The highest BCUT2D eigenvalue weighted by molar-refractivity contribution is 7.80. The average molecular weight is 364 g/mol. The van der Waals surface area contributed by atoms with Crippen LogP contribution < -0.4 is 15.5 Å². The van der Waals surface area contributed by atoms with Crippen molar-refractivity contribution in [2.45, 2.75) is 44.9 Å². The van der Waals surface area contributed by atoms with Crippen LogP contribution in [-0.2, 0) is 9.53 Å². The van der Waals surface area contributed by atoms with E-state index in [1.165, 1.54) is 32.1 Å². The number of ether oxygens (including phenoxy) is 1. The number of rotatable bonds is 8.